The molecule has 41 heavy (non-hydrogen) atoms. The van der Waals surface area contributed by atoms with Crippen LogP contribution in [-0.4, -0.2) is 66.4 Å². The van der Waals surface area contributed by atoms with Crippen LogP contribution in [0.25, 0.3) is 0 Å². The van der Waals surface area contributed by atoms with Crippen molar-refractivity contribution < 1.29 is 18.7 Å². The van der Waals surface area contributed by atoms with E-state index in [4.69, 9.17) is 15.2 Å². The molecule has 1 aliphatic carbocycles. The van der Waals surface area contributed by atoms with E-state index in [0.717, 1.165) is 25.7 Å². The molecule has 12 heteroatoms. The number of carbonyl (C=O) groups is 1. The lowest BCUT2D eigenvalue weighted by Gasteiger charge is -2.23. The van der Waals surface area contributed by atoms with Crippen molar-refractivity contribution in [2.75, 3.05) is 55.5 Å². The topological polar surface area (TPSA) is 148 Å². The molecule has 11 nitrogen and oxygen atoms in total. The molecule has 0 unspecified atom stereocenters. The Kier molecular flexibility index (Phi) is 12.0. The van der Waals surface area contributed by atoms with E-state index >= 15 is 0 Å². The van der Waals surface area contributed by atoms with Crippen molar-refractivity contribution in [3.8, 4) is 0 Å². The minimum atomic E-state index is -0.300. The van der Waals surface area contributed by atoms with Crippen molar-refractivity contribution in [2.45, 2.75) is 44.7 Å². The standard InChI is InChI=1S/C29H39FN8O3/c30-25-12-5-4-7-22(25)20-33-27-36-28(34-23-9-2-1-3-10-23)38-29(37-27)35-24-11-6-8-21(19-24)26(39)32-14-16-41-18-17-40-15-13-31/h4-8,11-12,19,23H,1-3,9-10,13-18,20,31H2,(H,32,39)(H3,33,34,35,36,37,38). The van der Waals surface area contributed by atoms with Crippen molar-refractivity contribution in [3.05, 3.63) is 65.5 Å². The Bertz CT molecular complexity index is 1240. The number of nitrogens with two attached hydrogens (primary N) is 1. The second kappa shape index (κ2) is 16.4. The number of nitrogens with one attached hydrogen (secondary N) is 4. The third kappa shape index (κ3) is 10.2. The molecule has 0 bridgehead atoms. The lowest BCUT2D eigenvalue weighted by Crippen LogP contribution is -2.27. The number of hydrogen-bond acceptors (Lipinski definition) is 10. The van der Waals surface area contributed by atoms with E-state index in [1.807, 2.05) is 6.07 Å². The number of carbonyl (C=O) groups excluding carboxylic acids is 1. The van der Waals surface area contributed by atoms with Gasteiger partial charge in [0.05, 0.1) is 26.4 Å². The van der Waals surface area contributed by atoms with E-state index in [1.165, 1.54) is 12.5 Å². The zero-order chi connectivity index (χ0) is 28.7. The molecule has 6 N–H and O–H groups in total. The van der Waals surface area contributed by atoms with E-state index in [1.54, 1.807) is 36.4 Å². The van der Waals surface area contributed by atoms with Gasteiger partial charge in [0.25, 0.3) is 5.91 Å². The first-order valence-electron chi connectivity index (χ1n) is 14.1. The molecule has 1 heterocycles. The first-order chi connectivity index (χ1) is 20.1. The fourth-order valence-electron chi connectivity index (χ4n) is 4.43. The van der Waals surface area contributed by atoms with Crippen LogP contribution in [0.2, 0.25) is 0 Å². The molecular weight excluding hydrogens is 527 g/mol. The highest BCUT2D eigenvalue weighted by molar-refractivity contribution is 5.95. The van der Waals surface area contributed by atoms with Gasteiger partial charge in [0, 0.05) is 42.5 Å². The highest BCUT2D eigenvalue weighted by Gasteiger charge is 2.16. The average Bonchev–Trinajstić information content (AvgIpc) is 2.98. The normalized spacial score (nSPS) is 13.5. The van der Waals surface area contributed by atoms with Crippen molar-refractivity contribution in [2.24, 2.45) is 5.73 Å². The summed E-state index contributed by atoms with van der Waals surface area (Å²) in [5.41, 5.74) is 7.00. The minimum Gasteiger partial charge on any atom is -0.378 e. The lowest BCUT2D eigenvalue weighted by molar-refractivity contribution is 0.0511. The Morgan fingerprint density at radius 2 is 1.66 bits per heavy atom. The summed E-state index contributed by atoms with van der Waals surface area (Å²) in [6.07, 6.45) is 5.67. The van der Waals surface area contributed by atoms with Crippen molar-refractivity contribution >= 4 is 29.4 Å². The van der Waals surface area contributed by atoms with Crippen LogP contribution < -0.4 is 27.0 Å². The molecule has 0 aliphatic heterocycles. The second-order valence-electron chi connectivity index (χ2n) is 9.71. The monoisotopic (exact) mass is 566 g/mol. The van der Waals surface area contributed by atoms with Gasteiger partial charge in [0.1, 0.15) is 5.82 Å². The van der Waals surface area contributed by atoms with E-state index in [2.05, 4.69) is 36.2 Å². The number of aromatic nitrogens is 3. The first-order valence-corrected chi connectivity index (χ1v) is 14.1. The van der Waals surface area contributed by atoms with Crippen LogP contribution in [0.3, 0.4) is 0 Å². The summed E-state index contributed by atoms with van der Waals surface area (Å²) in [5.74, 6) is 0.529. The molecule has 0 radical (unpaired) electrons. The number of hydrogen-bond donors (Lipinski definition) is 5. The van der Waals surface area contributed by atoms with Crippen LogP contribution in [0, 0.1) is 5.82 Å². The van der Waals surface area contributed by atoms with Gasteiger partial charge in [-0.1, -0.05) is 43.5 Å². The van der Waals surface area contributed by atoms with Gasteiger partial charge >= 0.3 is 0 Å². The molecular formula is C29H39FN8O3. The van der Waals surface area contributed by atoms with Crippen LogP contribution >= 0.6 is 0 Å². The van der Waals surface area contributed by atoms with E-state index < -0.39 is 0 Å². The Morgan fingerprint density at radius 1 is 0.902 bits per heavy atom. The molecule has 1 fully saturated rings. The third-order valence-corrected chi connectivity index (χ3v) is 6.52. The third-order valence-electron chi connectivity index (χ3n) is 6.52. The van der Waals surface area contributed by atoms with Crippen LogP contribution in [0.4, 0.5) is 27.9 Å². The average molecular weight is 567 g/mol. The summed E-state index contributed by atoms with van der Waals surface area (Å²) in [6.45, 7) is 2.85. The second-order valence-corrected chi connectivity index (χ2v) is 9.71. The summed E-state index contributed by atoms with van der Waals surface area (Å²) in [5, 5.41) is 12.6. The largest absolute Gasteiger partial charge is 0.378 e. The van der Waals surface area contributed by atoms with Crippen molar-refractivity contribution in [1.82, 2.24) is 20.3 Å². The van der Waals surface area contributed by atoms with E-state index in [-0.39, 0.29) is 24.3 Å². The quantitative estimate of drug-likeness (QED) is 0.162. The molecule has 2 aromatic carbocycles. The number of ether oxygens (including phenoxy) is 2. The molecule has 4 rings (SSSR count). The fraction of sp³-hybridized carbons (Fsp3) is 0.448. The van der Waals surface area contributed by atoms with Gasteiger partial charge in [-0.2, -0.15) is 15.0 Å². The van der Waals surface area contributed by atoms with E-state index in [0.29, 0.717) is 74.2 Å². The Labute approximate surface area is 239 Å². The smallest absolute Gasteiger partial charge is 0.251 e. The number of nitrogens with zero attached hydrogens (tertiary/aromatic N) is 3. The number of halogens is 1. The molecule has 1 aromatic heterocycles. The Balaban J connectivity index is 1.38. The summed E-state index contributed by atoms with van der Waals surface area (Å²) in [7, 11) is 0. The maximum atomic E-state index is 14.2. The van der Waals surface area contributed by atoms with Crippen LogP contribution in [0.5, 0.6) is 0 Å². The van der Waals surface area contributed by atoms with Gasteiger partial charge in [-0.3, -0.25) is 4.79 Å². The number of amides is 1. The lowest BCUT2D eigenvalue weighted by atomic mass is 9.96. The number of benzene rings is 2. The molecule has 1 amide bonds. The molecule has 220 valence electrons. The van der Waals surface area contributed by atoms with Gasteiger partial charge in [-0.05, 0) is 37.1 Å². The van der Waals surface area contributed by atoms with Gasteiger partial charge in [0.2, 0.25) is 17.8 Å². The summed E-state index contributed by atoms with van der Waals surface area (Å²) >= 11 is 0. The minimum absolute atomic E-state index is 0.221. The van der Waals surface area contributed by atoms with Gasteiger partial charge < -0.3 is 36.5 Å². The van der Waals surface area contributed by atoms with Gasteiger partial charge in [-0.15, -0.1) is 0 Å². The first kappa shape index (κ1) is 30.1. The molecule has 1 saturated carbocycles. The molecule has 0 atom stereocenters. The summed E-state index contributed by atoms with van der Waals surface area (Å²) in [4.78, 5) is 26.3. The maximum Gasteiger partial charge on any atom is 0.251 e. The SMILES string of the molecule is NCCOCCOCCNC(=O)c1cccc(Nc2nc(NCc3ccccc3F)nc(NC3CCCCC3)n2)c1. The van der Waals surface area contributed by atoms with Crippen LogP contribution in [0.1, 0.15) is 48.0 Å². The molecule has 3 aromatic rings. The number of anilines is 4. The van der Waals surface area contributed by atoms with Crippen LogP contribution in [0.15, 0.2) is 48.5 Å². The van der Waals surface area contributed by atoms with Crippen LogP contribution in [-0.2, 0) is 16.0 Å². The van der Waals surface area contributed by atoms with Gasteiger partial charge in [0.15, 0.2) is 0 Å². The highest BCUT2D eigenvalue weighted by atomic mass is 19.1. The highest BCUT2D eigenvalue weighted by Crippen LogP contribution is 2.22. The van der Waals surface area contributed by atoms with E-state index in [9.17, 15) is 9.18 Å². The predicted molar refractivity (Wildman–Crippen MR) is 157 cm³/mol. The Morgan fingerprint density at radius 3 is 2.46 bits per heavy atom. The van der Waals surface area contributed by atoms with Crippen molar-refractivity contribution in [1.29, 1.82) is 0 Å². The zero-order valence-electron chi connectivity index (χ0n) is 23.2. The predicted octanol–water partition coefficient (Wildman–Crippen LogP) is 3.83. The number of rotatable bonds is 16. The van der Waals surface area contributed by atoms with Gasteiger partial charge in [-0.25, -0.2) is 4.39 Å². The van der Waals surface area contributed by atoms with Crippen molar-refractivity contribution in [3.63, 3.8) is 0 Å². The Hall–Kier alpha value is -3.87. The summed E-state index contributed by atoms with van der Waals surface area (Å²) in [6, 6.07) is 13.9. The molecule has 0 saturated heterocycles. The summed E-state index contributed by atoms with van der Waals surface area (Å²) < 4.78 is 24.9. The molecule has 1 aliphatic rings. The zero-order valence-corrected chi connectivity index (χ0v) is 23.2. The molecule has 0 spiro atoms. The fourth-order valence-corrected chi connectivity index (χ4v) is 4.43. The maximum absolute atomic E-state index is 14.2.